The van der Waals surface area contributed by atoms with Gasteiger partial charge in [0.1, 0.15) is 10.8 Å². The third-order valence-electron chi connectivity index (χ3n) is 4.24. The van der Waals surface area contributed by atoms with Crippen LogP contribution in [-0.4, -0.2) is 18.0 Å². The van der Waals surface area contributed by atoms with Crippen LogP contribution in [0.5, 0.6) is 5.75 Å². The molecule has 4 aromatic rings. The number of aromatic nitrogens is 1. The first-order valence-electron chi connectivity index (χ1n) is 8.81. The van der Waals surface area contributed by atoms with Crippen LogP contribution >= 0.6 is 11.3 Å². The summed E-state index contributed by atoms with van der Waals surface area (Å²) in [5, 5.41) is 3.81. The maximum Gasteiger partial charge on any atom is 0.248 e. The number of nitrogens with one attached hydrogen (secondary N) is 1. The van der Waals surface area contributed by atoms with Gasteiger partial charge in [0.15, 0.2) is 0 Å². The molecular formula is C23H18N2O2S. The summed E-state index contributed by atoms with van der Waals surface area (Å²) in [6.07, 6.45) is 3.31. The number of anilines is 1. The molecular weight excluding hydrogens is 368 g/mol. The van der Waals surface area contributed by atoms with Crippen LogP contribution in [0, 0.1) is 0 Å². The van der Waals surface area contributed by atoms with Gasteiger partial charge in [-0.1, -0.05) is 42.5 Å². The minimum atomic E-state index is -0.209. The van der Waals surface area contributed by atoms with Crippen LogP contribution in [0.3, 0.4) is 0 Å². The summed E-state index contributed by atoms with van der Waals surface area (Å²) in [6, 6.07) is 23.3. The second kappa shape index (κ2) is 8.06. The number of thiazole rings is 1. The predicted octanol–water partition coefficient (Wildman–Crippen LogP) is 5.62. The second-order valence-electron chi connectivity index (χ2n) is 6.13. The van der Waals surface area contributed by atoms with Gasteiger partial charge in [-0.15, -0.1) is 11.3 Å². The highest BCUT2D eigenvalue weighted by molar-refractivity contribution is 7.21. The third-order valence-corrected chi connectivity index (χ3v) is 5.31. The Kier molecular flexibility index (Phi) is 5.17. The normalized spacial score (nSPS) is 11.0. The molecule has 4 rings (SSSR count). The van der Waals surface area contributed by atoms with E-state index in [9.17, 15) is 4.79 Å². The Morgan fingerprint density at radius 3 is 2.61 bits per heavy atom. The Bertz CT molecular complexity index is 1120. The van der Waals surface area contributed by atoms with Crippen molar-refractivity contribution in [2.75, 3.05) is 12.4 Å². The van der Waals surface area contributed by atoms with Crippen molar-refractivity contribution in [3.63, 3.8) is 0 Å². The van der Waals surface area contributed by atoms with E-state index in [1.54, 1.807) is 24.5 Å². The van der Waals surface area contributed by atoms with Gasteiger partial charge in [0.05, 0.1) is 23.0 Å². The molecule has 0 aliphatic carbocycles. The van der Waals surface area contributed by atoms with Crippen LogP contribution in [0.4, 0.5) is 5.69 Å². The lowest BCUT2D eigenvalue weighted by atomic mass is 10.1. The summed E-state index contributed by atoms with van der Waals surface area (Å²) >= 11 is 1.59. The van der Waals surface area contributed by atoms with Crippen molar-refractivity contribution < 1.29 is 9.53 Å². The molecule has 0 spiro atoms. The van der Waals surface area contributed by atoms with Crippen LogP contribution in [0.1, 0.15) is 5.56 Å². The van der Waals surface area contributed by atoms with Crippen molar-refractivity contribution in [1.29, 1.82) is 0 Å². The van der Waals surface area contributed by atoms with Crippen LogP contribution in [0.25, 0.3) is 26.9 Å². The summed E-state index contributed by atoms with van der Waals surface area (Å²) in [7, 11) is 1.60. The molecule has 1 amide bonds. The molecule has 0 saturated heterocycles. The molecule has 0 fully saturated rings. The molecule has 1 aromatic heterocycles. The Morgan fingerprint density at radius 1 is 1.04 bits per heavy atom. The van der Waals surface area contributed by atoms with E-state index in [4.69, 9.17) is 9.72 Å². The number of hydrogen-bond donors (Lipinski definition) is 1. The van der Waals surface area contributed by atoms with Gasteiger partial charge in [0.2, 0.25) is 5.91 Å². The number of rotatable bonds is 5. The fourth-order valence-corrected chi connectivity index (χ4v) is 3.84. The Morgan fingerprint density at radius 2 is 1.82 bits per heavy atom. The number of carbonyl (C=O) groups excluding carboxylic acids is 1. The largest absolute Gasteiger partial charge is 0.497 e. The molecule has 0 saturated carbocycles. The highest BCUT2D eigenvalue weighted by Crippen LogP contribution is 2.36. The van der Waals surface area contributed by atoms with E-state index in [2.05, 4.69) is 5.32 Å². The Balaban J connectivity index is 1.65. The van der Waals surface area contributed by atoms with Crippen molar-refractivity contribution in [3.8, 4) is 16.3 Å². The third kappa shape index (κ3) is 3.94. The van der Waals surface area contributed by atoms with Crippen molar-refractivity contribution in [2.24, 2.45) is 0 Å². The number of amides is 1. The molecule has 0 bridgehead atoms. The van der Waals surface area contributed by atoms with Gasteiger partial charge in [-0.25, -0.2) is 4.98 Å². The SMILES string of the molecule is COc1ccc(-c2nc3ccccc3s2)c(NC(=O)/C=C/c2ccccc2)c1. The zero-order valence-electron chi connectivity index (χ0n) is 15.3. The first-order valence-corrected chi connectivity index (χ1v) is 9.63. The average molecular weight is 386 g/mol. The van der Waals surface area contributed by atoms with Gasteiger partial charge in [-0.2, -0.15) is 0 Å². The molecule has 1 N–H and O–H groups in total. The molecule has 28 heavy (non-hydrogen) atoms. The second-order valence-corrected chi connectivity index (χ2v) is 7.16. The Labute approximate surface area is 167 Å². The molecule has 0 radical (unpaired) electrons. The molecule has 1 heterocycles. The van der Waals surface area contributed by atoms with Gasteiger partial charge in [-0.05, 0) is 35.9 Å². The number of benzene rings is 3. The molecule has 0 atom stereocenters. The van der Waals surface area contributed by atoms with Crippen molar-refractivity contribution in [3.05, 3.63) is 84.4 Å². The zero-order valence-corrected chi connectivity index (χ0v) is 16.1. The fourth-order valence-electron chi connectivity index (χ4n) is 2.84. The fraction of sp³-hybridized carbons (Fsp3) is 0.0435. The van der Waals surface area contributed by atoms with E-state index < -0.39 is 0 Å². The van der Waals surface area contributed by atoms with Crippen molar-refractivity contribution in [2.45, 2.75) is 0 Å². The first kappa shape index (κ1) is 17.9. The number of hydrogen-bond acceptors (Lipinski definition) is 4. The van der Waals surface area contributed by atoms with Crippen LogP contribution in [-0.2, 0) is 4.79 Å². The molecule has 138 valence electrons. The maximum absolute atomic E-state index is 12.5. The number of methoxy groups -OCH3 is 1. The van der Waals surface area contributed by atoms with E-state index in [0.717, 1.165) is 26.4 Å². The summed E-state index contributed by atoms with van der Waals surface area (Å²) in [6.45, 7) is 0. The van der Waals surface area contributed by atoms with E-state index in [0.29, 0.717) is 11.4 Å². The van der Waals surface area contributed by atoms with E-state index in [1.165, 1.54) is 6.08 Å². The lowest BCUT2D eigenvalue weighted by Gasteiger charge is -2.10. The smallest absolute Gasteiger partial charge is 0.248 e. The summed E-state index contributed by atoms with van der Waals surface area (Å²) in [5.41, 5.74) is 3.44. The molecule has 5 heteroatoms. The van der Waals surface area contributed by atoms with Crippen LogP contribution < -0.4 is 10.1 Å². The number of carbonyl (C=O) groups is 1. The van der Waals surface area contributed by atoms with E-state index >= 15 is 0 Å². The van der Waals surface area contributed by atoms with E-state index in [-0.39, 0.29) is 5.91 Å². The maximum atomic E-state index is 12.5. The summed E-state index contributed by atoms with van der Waals surface area (Å²) < 4.78 is 6.44. The minimum absolute atomic E-state index is 0.209. The lowest BCUT2D eigenvalue weighted by Crippen LogP contribution is -2.09. The van der Waals surface area contributed by atoms with Gasteiger partial charge in [-0.3, -0.25) is 4.79 Å². The number of ether oxygens (including phenoxy) is 1. The standard InChI is InChI=1S/C23H18N2O2S/c1-27-17-12-13-18(23-25-19-9-5-6-10-21(19)28-23)20(15-17)24-22(26)14-11-16-7-3-2-4-8-16/h2-15H,1H3,(H,24,26)/b14-11+. The molecule has 4 nitrogen and oxygen atoms in total. The Hall–Kier alpha value is -3.44. The topological polar surface area (TPSA) is 51.2 Å². The lowest BCUT2D eigenvalue weighted by molar-refractivity contribution is -0.111. The summed E-state index contributed by atoms with van der Waals surface area (Å²) in [5.74, 6) is 0.465. The van der Waals surface area contributed by atoms with Gasteiger partial charge >= 0.3 is 0 Å². The van der Waals surface area contributed by atoms with Gasteiger partial charge < -0.3 is 10.1 Å². The summed E-state index contributed by atoms with van der Waals surface area (Å²) in [4.78, 5) is 17.2. The van der Waals surface area contributed by atoms with Crippen molar-refractivity contribution >= 4 is 39.2 Å². The van der Waals surface area contributed by atoms with Crippen molar-refractivity contribution in [1.82, 2.24) is 4.98 Å². The predicted molar refractivity (Wildman–Crippen MR) is 116 cm³/mol. The number of fused-ring (bicyclic) bond motifs is 1. The van der Waals surface area contributed by atoms with Crippen LogP contribution in [0.2, 0.25) is 0 Å². The highest BCUT2D eigenvalue weighted by Gasteiger charge is 2.13. The quantitative estimate of drug-likeness (QED) is 0.453. The van der Waals surface area contributed by atoms with Gasteiger partial charge in [0, 0.05) is 17.7 Å². The average Bonchev–Trinajstić information content (AvgIpc) is 3.17. The molecule has 0 aliphatic heterocycles. The van der Waals surface area contributed by atoms with Crippen LogP contribution in [0.15, 0.2) is 78.9 Å². The molecule has 0 unspecified atom stereocenters. The zero-order chi connectivity index (χ0) is 19.3. The minimum Gasteiger partial charge on any atom is -0.497 e. The first-order chi connectivity index (χ1) is 13.7. The molecule has 0 aliphatic rings. The van der Waals surface area contributed by atoms with Gasteiger partial charge in [0.25, 0.3) is 0 Å². The highest BCUT2D eigenvalue weighted by atomic mass is 32.1. The van der Waals surface area contributed by atoms with E-state index in [1.807, 2.05) is 72.8 Å². The molecule has 3 aromatic carbocycles. The number of para-hydroxylation sites is 1. The number of nitrogens with zero attached hydrogens (tertiary/aromatic N) is 1. The monoisotopic (exact) mass is 386 g/mol.